The van der Waals surface area contributed by atoms with Crippen LogP contribution in [0.3, 0.4) is 0 Å². The van der Waals surface area contributed by atoms with Crippen molar-refractivity contribution < 1.29 is 22.7 Å². The lowest BCUT2D eigenvalue weighted by atomic mass is 9.43. The van der Waals surface area contributed by atoms with E-state index in [4.69, 9.17) is 16.3 Å². The molecule has 0 radical (unpaired) electrons. The molecule has 1 aromatic carbocycles. The van der Waals surface area contributed by atoms with Gasteiger partial charge in [0, 0.05) is 35.5 Å². The van der Waals surface area contributed by atoms with Crippen LogP contribution in [0.5, 0.6) is 5.75 Å². The highest BCUT2D eigenvalue weighted by molar-refractivity contribution is 6.30. The minimum absolute atomic E-state index is 0.0115. The molecule has 27 heavy (non-hydrogen) atoms. The van der Waals surface area contributed by atoms with Crippen LogP contribution in [-0.4, -0.2) is 41.5 Å². The Kier molecular flexibility index (Phi) is 4.37. The number of ether oxygens (including phenoxy) is 1. The quantitative estimate of drug-likeness (QED) is 0.795. The number of hydrogen-bond acceptors (Lipinski definition) is 3. The normalized spacial score (nSPS) is 28.3. The molecule has 0 saturated heterocycles. The number of nitrogens with one attached hydrogen (secondary N) is 1. The first-order valence-electron chi connectivity index (χ1n) is 8.63. The summed E-state index contributed by atoms with van der Waals surface area (Å²) in [5.74, 6) is -0.672. The number of nitrogens with zero attached hydrogens (tertiary/aromatic N) is 1. The summed E-state index contributed by atoms with van der Waals surface area (Å²) >= 11 is 5.60. The SMILES string of the molecule is O=C(COc1ccc(Cl)c(F)c1)NC12CC(N3C=C(C(F)F)C=CC3)(C1)C2. The molecule has 144 valence electrons. The van der Waals surface area contributed by atoms with E-state index in [0.29, 0.717) is 6.54 Å². The minimum Gasteiger partial charge on any atom is -0.484 e. The lowest BCUT2D eigenvalue weighted by Gasteiger charge is -2.73. The van der Waals surface area contributed by atoms with Gasteiger partial charge in [-0.15, -0.1) is 0 Å². The standard InChI is InChI=1S/C19H18ClF3N2O2/c20-14-4-3-13(6-15(14)21)27-8-16(26)24-18-9-19(10-18,11-18)25-5-1-2-12(7-25)17(22)23/h1-4,6-7,17H,5,8-11H2,(H,24,26). The molecule has 0 unspecified atom stereocenters. The van der Waals surface area contributed by atoms with Crippen molar-refractivity contribution in [3.63, 3.8) is 0 Å². The summed E-state index contributed by atoms with van der Waals surface area (Å²) in [6.45, 7) is 0.378. The van der Waals surface area contributed by atoms with E-state index in [9.17, 15) is 18.0 Å². The van der Waals surface area contributed by atoms with E-state index in [1.807, 2.05) is 4.90 Å². The highest BCUT2D eigenvalue weighted by Gasteiger charge is 2.70. The summed E-state index contributed by atoms with van der Waals surface area (Å²) in [7, 11) is 0. The van der Waals surface area contributed by atoms with Crippen LogP contribution in [-0.2, 0) is 4.79 Å². The van der Waals surface area contributed by atoms with Gasteiger partial charge in [0.15, 0.2) is 6.61 Å². The zero-order valence-electron chi connectivity index (χ0n) is 14.4. The summed E-state index contributed by atoms with van der Waals surface area (Å²) in [6, 6.07) is 3.98. The van der Waals surface area contributed by atoms with Crippen molar-refractivity contribution in [2.75, 3.05) is 13.2 Å². The molecule has 1 aliphatic heterocycles. The average molecular weight is 399 g/mol. The fourth-order valence-electron chi connectivity index (χ4n) is 4.26. The molecular weight excluding hydrogens is 381 g/mol. The Balaban J connectivity index is 1.27. The van der Waals surface area contributed by atoms with E-state index >= 15 is 0 Å². The van der Waals surface area contributed by atoms with Gasteiger partial charge in [0.1, 0.15) is 11.6 Å². The molecule has 0 spiro atoms. The minimum atomic E-state index is -2.49. The Morgan fingerprint density at radius 2 is 2.07 bits per heavy atom. The zero-order valence-corrected chi connectivity index (χ0v) is 15.1. The third-order valence-corrected chi connectivity index (χ3v) is 5.75. The van der Waals surface area contributed by atoms with Crippen LogP contribution in [0.15, 0.2) is 42.1 Å². The van der Waals surface area contributed by atoms with Crippen molar-refractivity contribution in [3.8, 4) is 5.75 Å². The molecule has 5 rings (SSSR count). The predicted octanol–water partition coefficient (Wildman–Crippen LogP) is 3.67. The maximum Gasteiger partial charge on any atom is 0.265 e. The fraction of sp³-hybridized carbons (Fsp3) is 0.421. The van der Waals surface area contributed by atoms with E-state index in [-0.39, 0.29) is 39.9 Å². The van der Waals surface area contributed by atoms with E-state index in [1.165, 1.54) is 24.4 Å². The lowest BCUT2D eigenvalue weighted by molar-refractivity contribution is -0.169. The third kappa shape index (κ3) is 3.29. The Bertz CT molecular complexity index is 820. The van der Waals surface area contributed by atoms with Gasteiger partial charge >= 0.3 is 0 Å². The van der Waals surface area contributed by atoms with Crippen LogP contribution >= 0.6 is 11.6 Å². The van der Waals surface area contributed by atoms with Crippen LogP contribution in [0.1, 0.15) is 19.3 Å². The topological polar surface area (TPSA) is 41.6 Å². The van der Waals surface area contributed by atoms with Crippen LogP contribution in [0.25, 0.3) is 0 Å². The van der Waals surface area contributed by atoms with Gasteiger partial charge < -0.3 is 15.0 Å². The number of carbonyl (C=O) groups excluding carboxylic acids is 1. The van der Waals surface area contributed by atoms with Crippen molar-refractivity contribution in [2.24, 2.45) is 0 Å². The van der Waals surface area contributed by atoms with Crippen LogP contribution in [0.2, 0.25) is 5.02 Å². The molecule has 2 bridgehead atoms. The number of hydrogen-bond donors (Lipinski definition) is 1. The van der Waals surface area contributed by atoms with Gasteiger partial charge in [-0.25, -0.2) is 13.2 Å². The Morgan fingerprint density at radius 1 is 1.33 bits per heavy atom. The fourth-order valence-corrected chi connectivity index (χ4v) is 4.37. The summed E-state index contributed by atoms with van der Waals surface area (Å²) in [4.78, 5) is 14.1. The number of halogens is 4. The smallest absolute Gasteiger partial charge is 0.265 e. The van der Waals surface area contributed by atoms with Gasteiger partial charge in [0.05, 0.1) is 5.02 Å². The number of rotatable bonds is 6. The van der Waals surface area contributed by atoms with Crippen molar-refractivity contribution in [1.82, 2.24) is 10.2 Å². The Morgan fingerprint density at radius 3 is 2.74 bits per heavy atom. The molecule has 0 atom stereocenters. The van der Waals surface area contributed by atoms with Gasteiger partial charge in [-0.1, -0.05) is 23.8 Å². The summed E-state index contributed by atoms with van der Waals surface area (Å²) < 4.78 is 44.4. The Hall–Kier alpha value is -2.15. The van der Waals surface area contributed by atoms with Crippen LogP contribution in [0, 0.1) is 5.82 Å². The molecule has 0 aromatic heterocycles. The molecule has 1 N–H and O–H groups in total. The summed E-state index contributed by atoms with van der Waals surface area (Å²) in [5, 5.41) is 2.94. The van der Waals surface area contributed by atoms with Crippen molar-refractivity contribution in [3.05, 3.63) is 53.0 Å². The van der Waals surface area contributed by atoms with Crippen molar-refractivity contribution in [1.29, 1.82) is 0 Å². The van der Waals surface area contributed by atoms with Gasteiger partial charge in [-0.2, -0.15) is 0 Å². The molecule has 3 saturated carbocycles. The Labute approximate surface area is 159 Å². The summed E-state index contributed by atoms with van der Waals surface area (Å²) in [5.41, 5.74) is -0.406. The molecule has 1 heterocycles. The van der Waals surface area contributed by atoms with E-state index in [0.717, 1.165) is 25.3 Å². The van der Waals surface area contributed by atoms with E-state index in [2.05, 4.69) is 5.32 Å². The highest BCUT2D eigenvalue weighted by Crippen LogP contribution is 2.64. The largest absolute Gasteiger partial charge is 0.484 e. The second-order valence-corrected chi connectivity index (χ2v) is 7.84. The van der Waals surface area contributed by atoms with Gasteiger partial charge in [0.25, 0.3) is 12.3 Å². The average Bonchev–Trinajstić information content (AvgIpc) is 2.58. The second-order valence-electron chi connectivity index (χ2n) is 7.43. The zero-order chi connectivity index (χ0) is 19.2. The molecule has 4 aliphatic rings. The number of benzene rings is 1. The number of amides is 1. The summed E-state index contributed by atoms with van der Waals surface area (Å²) in [6.07, 6.45) is 4.42. The maximum absolute atomic E-state index is 13.4. The van der Waals surface area contributed by atoms with Crippen molar-refractivity contribution in [2.45, 2.75) is 36.8 Å². The number of alkyl halides is 2. The highest BCUT2D eigenvalue weighted by atomic mass is 35.5. The molecule has 3 aliphatic carbocycles. The molecule has 8 heteroatoms. The molecule has 3 fully saturated rings. The molecular formula is C19H18ClF3N2O2. The first kappa shape index (κ1) is 18.2. The predicted molar refractivity (Wildman–Crippen MR) is 94.3 cm³/mol. The van der Waals surface area contributed by atoms with E-state index < -0.39 is 12.2 Å². The first-order valence-corrected chi connectivity index (χ1v) is 9.01. The van der Waals surface area contributed by atoms with Gasteiger partial charge in [0.2, 0.25) is 0 Å². The maximum atomic E-state index is 13.4. The van der Waals surface area contributed by atoms with Crippen LogP contribution < -0.4 is 10.1 Å². The van der Waals surface area contributed by atoms with Crippen molar-refractivity contribution >= 4 is 17.5 Å². The number of allylic oxidation sites excluding steroid dienone is 2. The van der Waals surface area contributed by atoms with E-state index in [1.54, 1.807) is 6.08 Å². The lowest BCUT2D eigenvalue weighted by Crippen LogP contribution is -2.83. The van der Waals surface area contributed by atoms with Gasteiger partial charge in [-0.05, 0) is 31.4 Å². The monoisotopic (exact) mass is 398 g/mol. The van der Waals surface area contributed by atoms with Crippen LogP contribution in [0.4, 0.5) is 13.2 Å². The molecule has 1 aromatic rings. The molecule has 4 nitrogen and oxygen atoms in total. The first-order chi connectivity index (χ1) is 12.8. The molecule has 1 amide bonds. The third-order valence-electron chi connectivity index (χ3n) is 5.45. The number of carbonyl (C=O) groups is 1. The van der Waals surface area contributed by atoms with Gasteiger partial charge in [-0.3, -0.25) is 4.79 Å². The second kappa shape index (κ2) is 6.48.